The summed E-state index contributed by atoms with van der Waals surface area (Å²) in [5.74, 6) is 0. The lowest BCUT2D eigenvalue weighted by Crippen LogP contribution is -2.09. The zero-order chi connectivity index (χ0) is 20.0. The lowest BCUT2D eigenvalue weighted by molar-refractivity contribution is 0.607. The third kappa shape index (κ3) is 3.43. The maximum absolute atomic E-state index is 11.4. The van der Waals surface area contributed by atoms with Crippen molar-refractivity contribution < 1.29 is 8.42 Å². The molecular weight excluding hydrogens is 382 g/mol. The minimum absolute atomic E-state index is 0.547. The molecule has 6 heteroatoms. The van der Waals surface area contributed by atoms with E-state index in [2.05, 4.69) is 51.1 Å². The summed E-state index contributed by atoms with van der Waals surface area (Å²) in [7, 11) is -3.28. The molecule has 2 aromatic heterocycles. The second-order valence-electron chi connectivity index (χ2n) is 7.27. The SMILES string of the molecule is CS(=O)(=O)Nc1ccc(-c2cnc3c(c2)C(c2ccc4[nH]ccc4c2)=CC3)cc1. The number of aromatic amines is 1. The molecule has 0 unspecified atom stereocenters. The van der Waals surface area contributed by atoms with E-state index in [0.29, 0.717) is 5.69 Å². The van der Waals surface area contributed by atoms with Crippen LogP contribution >= 0.6 is 0 Å². The van der Waals surface area contributed by atoms with Crippen molar-refractivity contribution in [3.05, 3.63) is 89.9 Å². The third-order valence-electron chi connectivity index (χ3n) is 5.15. The Morgan fingerprint density at radius 2 is 1.76 bits per heavy atom. The average Bonchev–Trinajstić information content (AvgIpc) is 3.33. The predicted molar refractivity (Wildman–Crippen MR) is 117 cm³/mol. The topological polar surface area (TPSA) is 74.8 Å². The highest BCUT2D eigenvalue weighted by Crippen LogP contribution is 2.35. The van der Waals surface area contributed by atoms with Gasteiger partial charge >= 0.3 is 0 Å². The molecule has 0 bridgehead atoms. The molecule has 5 nitrogen and oxygen atoms in total. The van der Waals surface area contributed by atoms with Gasteiger partial charge in [0.15, 0.2) is 0 Å². The van der Waals surface area contributed by atoms with Gasteiger partial charge in [-0.2, -0.15) is 0 Å². The zero-order valence-corrected chi connectivity index (χ0v) is 16.6. The molecule has 0 aliphatic heterocycles. The molecule has 2 heterocycles. The van der Waals surface area contributed by atoms with E-state index in [1.807, 2.05) is 24.5 Å². The quantitative estimate of drug-likeness (QED) is 0.525. The Hall–Kier alpha value is -3.38. The van der Waals surface area contributed by atoms with Crippen LogP contribution in [-0.2, 0) is 16.4 Å². The number of nitrogens with zero attached hydrogens (tertiary/aromatic N) is 1. The Morgan fingerprint density at radius 3 is 2.55 bits per heavy atom. The second-order valence-corrected chi connectivity index (χ2v) is 9.02. The van der Waals surface area contributed by atoms with Gasteiger partial charge in [-0.1, -0.05) is 24.3 Å². The molecule has 4 aromatic rings. The number of pyridine rings is 1. The van der Waals surface area contributed by atoms with Crippen molar-refractivity contribution in [1.82, 2.24) is 9.97 Å². The molecule has 29 heavy (non-hydrogen) atoms. The number of aromatic nitrogens is 2. The van der Waals surface area contributed by atoms with Crippen LogP contribution in [0.1, 0.15) is 16.8 Å². The molecule has 2 N–H and O–H groups in total. The lowest BCUT2D eigenvalue weighted by atomic mass is 9.97. The molecular formula is C23H19N3O2S. The maximum Gasteiger partial charge on any atom is 0.229 e. The number of H-pyrrole nitrogens is 1. The van der Waals surface area contributed by atoms with Crippen LogP contribution in [0.4, 0.5) is 5.69 Å². The number of nitrogens with one attached hydrogen (secondary N) is 2. The molecule has 2 aromatic carbocycles. The van der Waals surface area contributed by atoms with Gasteiger partial charge in [0.2, 0.25) is 10.0 Å². The van der Waals surface area contributed by atoms with Crippen molar-refractivity contribution in [2.45, 2.75) is 6.42 Å². The summed E-state index contributed by atoms with van der Waals surface area (Å²) in [4.78, 5) is 7.91. The average molecular weight is 401 g/mol. The van der Waals surface area contributed by atoms with Gasteiger partial charge in [-0.05, 0) is 58.5 Å². The first-order valence-corrected chi connectivity index (χ1v) is 11.2. The largest absolute Gasteiger partial charge is 0.361 e. The highest BCUT2D eigenvalue weighted by molar-refractivity contribution is 7.92. The van der Waals surface area contributed by atoms with E-state index in [-0.39, 0.29) is 0 Å². The summed E-state index contributed by atoms with van der Waals surface area (Å²) in [5.41, 5.74) is 8.28. The number of sulfonamides is 1. The van der Waals surface area contributed by atoms with E-state index >= 15 is 0 Å². The highest BCUT2D eigenvalue weighted by Gasteiger charge is 2.18. The van der Waals surface area contributed by atoms with E-state index in [1.54, 1.807) is 12.1 Å². The number of anilines is 1. The van der Waals surface area contributed by atoms with Crippen molar-refractivity contribution >= 4 is 32.2 Å². The van der Waals surface area contributed by atoms with Gasteiger partial charge < -0.3 is 4.98 Å². The smallest absolute Gasteiger partial charge is 0.229 e. The van der Waals surface area contributed by atoms with Crippen LogP contribution in [0.5, 0.6) is 0 Å². The van der Waals surface area contributed by atoms with Crippen LogP contribution in [-0.4, -0.2) is 24.6 Å². The molecule has 5 rings (SSSR count). The Labute approximate surface area is 169 Å². The fraction of sp³-hybridized carbons (Fsp3) is 0.0870. The Kier molecular flexibility index (Phi) is 4.03. The van der Waals surface area contributed by atoms with Crippen LogP contribution in [0.25, 0.3) is 27.6 Å². The van der Waals surface area contributed by atoms with E-state index < -0.39 is 10.0 Å². The van der Waals surface area contributed by atoms with Crippen LogP contribution in [0.15, 0.2) is 73.1 Å². The first-order valence-electron chi connectivity index (χ1n) is 9.31. The minimum Gasteiger partial charge on any atom is -0.361 e. The van der Waals surface area contributed by atoms with Crippen molar-refractivity contribution in [3.63, 3.8) is 0 Å². The highest BCUT2D eigenvalue weighted by atomic mass is 32.2. The first kappa shape index (κ1) is 17.7. The number of hydrogen-bond donors (Lipinski definition) is 2. The van der Waals surface area contributed by atoms with Gasteiger partial charge in [0.25, 0.3) is 0 Å². The number of allylic oxidation sites excluding steroid dienone is 1. The van der Waals surface area contributed by atoms with Crippen molar-refractivity contribution in [1.29, 1.82) is 0 Å². The molecule has 0 saturated carbocycles. The summed E-state index contributed by atoms with van der Waals surface area (Å²) >= 11 is 0. The van der Waals surface area contributed by atoms with Gasteiger partial charge in [0.05, 0.1) is 11.9 Å². The summed E-state index contributed by atoms with van der Waals surface area (Å²) in [6.07, 6.45) is 8.03. The van der Waals surface area contributed by atoms with Crippen molar-refractivity contribution in [2.75, 3.05) is 11.0 Å². The molecule has 1 aliphatic rings. The lowest BCUT2D eigenvalue weighted by Gasteiger charge is -2.10. The fourth-order valence-electron chi connectivity index (χ4n) is 3.79. The van der Waals surface area contributed by atoms with Crippen molar-refractivity contribution in [3.8, 4) is 11.1 Å². The van der Waals surface area contributed by atoms with Gasteiger partial charge in [-0.15, -0.1) is 0 Å². The van der Waals surface area contributed by atoms with Crippen LogP contribution in [0, 0.1) is 0 Å². The molecule has 0 fully saturated rings. The van der Waals surface area contributed by atoms with E-state index in [9.17, 15) is 8.42 Å². The fourth-order valence-corrected chi connectivity index (χ4v) is 4.36. The second kappa shape index (κ2) is 6.60. The molecule has 0 saturated heterocycles. The van der Waals surface area contributed by atoms with E-state index in [1.165, 1.54) is 16.5 Å². The van der Waals surface area contributed by atoms with Crippen LogP contribution in [0.2, 0.25) is 0 Å². The molecule has 0 atom stereocenters. The number of benzene rings is 2. The third-order valence-corrected chi connectivity index (χ3v) is 5.75. The Morgan fingerprint density at radius 1 is 0.966 bits per heavy atom. The normalized spacial score (nSPS) is 13.3. The van der Waals surface area contributed by atoms with Gasteiger partial charge in [-0.25, -0.2) is 8.42 Å². The molecule has 144 valence electrons. The summed E-state index contributed by atoms with van der Waals surface area (Å²) < 4.78 is 25.3. The first-order chi connectivity index (χ1) is 14.0. The van der Waals surface area contributed by atoms with E-state index in [0.717, 1.165) is 40.6 Å². The number of fused-ring (bicyclic) bond motifs is 2. The number of rotatable bonds is 4. The predicted octanol–water partition coefficient (Wildman–Crippen LogP) is 4.59. The summed E-state index contributed by atoms with van der Waals surface area (Å²) in [6, 6.07) is 18.0. The molecule has 1 aliphatic carbocycles. The monoisotopic (exact) mass is 401 g/mol. The molecule has 0 amide bonds. The zero-order valence-electron chi connectivity index (χ0n) is 15.8. The molecule has 0 spiro atoms. The Balaban J connectivity index is 1.49. The van der Waals surface area contributed by atoms with Crippen molar-refractivity contribution in [2.24, 2.45) is 0 Å². The van der Waals surface area contributed by atoms with Gasteiger partial charge in [-0.3, -0.25) is 9.71 Å². The van der Waals surface area contributed by atoms with Crippen LogP contribution in [0.3, 0.4) is 0 Å². The summed E-state index contributed by atoms with van der Waals surface area (Å²) in [6.45, 7) is 0. The van der Waals surface area contributed by atoms with Gasteiger partial charge in [0.1, 0.15) is 0 Å². The molecule has 0 radical (unpaired) electrons. The van der Waals surface area contributed by atoms with Crippen LogP contribution < -0.4 is 4.72 Å². The van der Waals surface area contributed by atoms with E-state index in [4.69, 9.17) is 0 Å². The summed E-state index contributed by atoms with van der Waals surface area (Å²) in [5, 5.41) is 1.19. The standard InChI is InChI=1S/C23H19N3O2S/c1-29(27,28)26-19-5-2-15(3-6-19)18-13-21-20(7-9-23(21)25-14-18)16-4-8-22-17(12-16)10-11-24-22/h2-8,10-14,24,26H,9H2,1H3. The Bertz CT molecular complexity index is 1370. The minimum atomic E-state index is -3.28. The number of hydrogen-bond acceptors (Lipinski definition) is 3. The van der Waals surface area contributed by atoms with Gasteiger partial charge in [0, 0.05) is 41.1 Å². The maximum atomic E-state index is 11.4.